The van der Waals surface area contributed by atoms with Crippen LogP contribution in [-0.2, 0) is 6.42 Å². The number of carboxylic acid groups (broad SMARTS) is 1. The summed E-state index contributed by atoms with van der Waals surface area (Å²) in [6.45, 7) is 4.22. The number of nitrogens with zero attached hydrogens (tertiary/aromatic N) is 1. The Morgan fingerprint density at radius 1 is 1.29 bits per heavy atom. The quantitative estimate of drug-likeness (QED) is 0.733. The topological polar surface area (TPSA) is 95.7 Å². The maximum absolute atomic E-state index is 11.3. The molecule has 0 aliphatic carbocycles. The molecule has 0 saturated carbocycles. The van der Waals surface area contributed by atoms with Gasteiger partial charge in [0.1, 0.15) is 0 Å². The number of carbonyl (C=O) groups is 2. The molecule has 1 aromatic rings. The van der Waals surface area contributed by atoms with Gasteiger partial charge in [-0.25, -0.2) is 4.79 Å². The van der Waals surface area contributed by atoms with Crippen molar-refractivity contribution in [3.63, 3.8) is 0 Å². The Hall–Kier alpha value is -2.08. The summed E-state index contributed by atoms with van der Waals surface area (Å²) in [5.41, 5.74) is 8.91. The van der Waals surface area contributed by atoms with Gasteiger partial charge in [0.05, 0.1) is 0 Å². The fourth-order valence-electron chi connectivity index (χ4n) is 2.34. The molecule has 0 aromatic heterocycles. The van der Waals surface area contributed by atoms with Crippen LogP contribution in [0.2, 0.25) is 0 Å². The van der Waals surface area contributed by atoms with E-state index in [4.69, 9.17) is 10.8 Å². The first-order valence-corrected chi connectivity index (χ1v) is 6.75. The Balaban J connectivity index is 2.98. The number of amides is 2. The summed E-state index contributed by atoms with van der Waals surface area (Å²) in [4.78, 5) is 23.9. The highest BCUT2D eigenvalue weighted by Crippen LogP contribution is 2.19. The first-order chi connectivity index (χ1) is 9.72. The van der Waals surface area contributed by atoms with Crippen molar-refractivity contribution < 1.29 is 14.7 Å². The lowest BCUT2D eigenvalue weighted by atomic mass is 9.93. The van der Waals surface area contributed by atoms with Crippen molar-refractivity contribution in [1.82, 2.24) is 10.2 Å². The third kappa shape index (κ3) is 4.75. The molecule has 0 spiro atoms. The molecule has 0 heterocycles. The van der Waals surface area contributed by atoms with Gasteiger partial charge in [-0.2, -0.15) is 0 Å². The number of nitrogens with two attached hydrogens (primary N) is 1. The van der Waals surface area contributed by atoms with Crippen molar-refractivity contribution in [1.29, 1.82) is 0 Å². The van der Waals surface area contributed by atoms with Gasteiger partial charge in [0.25, 0.3) is 0 Å². The van der Waals surface area contributed by atoms with Gasteiger partial charge in [0, 0.05) is 18.2 Å². The van der Waals surface area contributed by atoms with Crippen molar-refractivity contribution in [2.45, 2.75) is 26.3 Å². The third-order valence-electron chi connectivity index (χ3n) is 3.64. The summed E-state index contributed by atoms with van der Waals surface area (Å²) in [6.07, 6.45) is -0.330. The van der Waals surface area contributed by atoms with Gasteiger partial charge in [0.2, 0.25) is 5.91 Å². The van der Waals surface area contributed by atoms with Crippen LogP contribution < -0.4 is 11.1 Å². The minimum absolute atomic E-state index is 0.0397. The molecule has 4 N–H and O–H groups in total. The van der Waals surface area contributed by atoms with E-state index in [-0.39, 0.29) is 6.04 Å². The van der Waals surface area contributed by atoms with E-state index in [0.717, 1.165) is 16.7 Å². The molecule has 1 rings (SSSR count). The summed E-state index contributed by atoms with van der Waals surface area (Å²) < 4.78 is 0. The standard InChI is InChI=1S/C15H23N3O3/c1-9-5-11(14(16)19)6-10(2)13(9)7-12(18(3)4)8-17-15(20)21/h5-6,12,17H,7-8H2,1-4H3,(H2,16,19)(H,20,21). The van der Waals surface area contributed by atoms with Crippen LogP contribution in [0.25, 0.3) is 0 Å². The van der Waals surface area contributed by atoms with Gasteiger partial charge in [-0.3, -0.25) is 4.79 Å². The summed E-state index contributed by atoms with van der Waals surface area (Å²) >= 11 is 0. The van der Waals surface area contributed by atoms with Gasteiger partial charge in [0.15, 0.2) is 0 Å². The molecule has 0 fully saturated rings. The van der Waals surface area contributed by atoms with Crippen LogP contribution in [0, 0.1) is 13.8 Å². The van der Waals surface area contributed by atoms with Gasteiger partial charge < -0.3 is 21.1 Å². The molecule has 0 radical (unpaired) electrons. The van der Waals surface area contributed by atoms with Gasteiger partial charge >= 0.3 is 6.09 Å². The molecule has 0 aliphatic rings. The predicted molar refractivity (Wildman–Crippen MR) is 81.6 cm³/mol. The highest BCUT2D eigenvalue weighted by molar-refractivity contribution is 5.93. The van der Waals surface area contributed by atoms with E-state index in [0.29, 0.717) is 18.5 Å². The number of primary amides is 1. The zero-order valence-electron chi connectivity index (χ0n) is 12.9. The average molecular weight is 293 g/mol. The zero-order valence-corrected chi connectivity index (χ0v) is 12.9. The van der Waals surface area contributed by atoms with Crippen LogP contribution in [0.3, 0.4) is 0 Å². The Kier molecular flexibility index (Phi) is 5.72. The molecule has 1 atom stereocenters. The van der Waals surface area contributed by atoms with Gasteiger partial charge in [-0.15, -0.1) is 0 Å². The van der Waals surface area contributed by atoms with Crippen LogP contribution in [0.1, 0.15) is 27.0 Å². The normalized spacial score (nSPS) is 12.2. The highest BCUT2D eigenvalue weighted by atomic mass is 16.4. The molecule has 21 heavy (non-hydrogen) atoms. The first-order valence-electron chi connectivity index (χ1n) is 6.75. The second kappa shape index (κ2) is 7.08. The van der Waals surface area contributed by atoms with Crippen molar-refractivity contribution in [3.8, 4) is 0 Å². The maximum atomic E-state index is 11.3. The Morgan fingerprint density at radius 3 is 2.19 bits per heavy atom. The molecular formula is C15H23N3O3. The minimum atomic E-state index is -1.03. The van der Waals surface area contributed by atoms with Crippen molar-refractivity contribution in [2.75, 3.05) is 20.6 Å². The molecule has 116 valence electrons. The Morgan fingerprint density at radius 2 is 1.81 bits per heavy atom. The van der Waals surface area contributed by atoms with E-state index in [1.165, 1.54) is 0 Å². The average Bonchev–Trinajstić information content (AvgIpc) is 2.35. The monoisotopic (exact) mass is 293 g/mol. The fraction of sp³-hybridized carbons (Fsp3) is 0.467. The number of benzene rings is 1. The Bertz CT molecular complexity index is 518. The van der Waals surface area contributed by atoms with Crippen molar-refractivity contribution in [2.24, 2.45) is 5.73 Å². The third-order valence-corrected chi connectivity index (χ3v) is 3.64. The van der Waals surface area contributed by atoms with Crippen LogP contribution in [0.4, 0.5) is 4.79 Å². The molecular weight excluding hydrogens is 270 g/mol. The lowest BCUT2D eigenvalue weighted by Gasteiger charge is -2.26. The molecule has 0 aliphatic heterocycles. The van der Waals surface area contributed by atoms with Crippen LogP contribution in [-0.4, -0.2) is 48.7 Å². The molecule has 6 heteroatoms. The Labute approximate surface area is 124 Å². The van der Waals surface area contributed by atoms with E-state index >= 15 is 0 Å². The number of likely N-dealkylation sites (N-methyl/N-ethyl adjacent to an activating group) is 1. The second-order valence-corrected chi connectivity index (χ2v) is 5.46. The largest absolute Gasteiger partial charge is 0.465 e. The zero-order chi connectivity index (χ0) is 16.2. The lowest BCUT2D eigenvalue weighted by Crippen LogP contribution is -2.41. The summed E-state index contributed by atoms with van der Waals surface area (Å²) in [7, 11) is 3.83. The van der Waals surface area contributed by atoms with Crippen LogP contribution in [0.5, 0.6) is 0 Å². The smallest absolute Gasteiger partial charge is 0.404 e. The van der Waals surface area contributed by atoms with Crippen molar-refractivity contribution in [3.05, 3.63) is 34.4 Å². The van der Waals surface area contributed by atoms with E-state index < -0.39 is 12.0 Å². The molecule has 0 saturated heterocycles. The summed E-state index contributed by atoms with van der Waals surface area (Å²) in [5.74, 6) is -0.440. The summed E-state index contributed by atoms with van der Waals surface area (Å²) in [5, 5.41) is 11.2. The maximum Gasteiger partial charge on any atom is 0.404 e. The van der Waals surface area contributed by atoms with Gasteiger partial charge in [-0.1, -0.05) is 0 Å². The molecule has 0 bridgehead atoms. The fourth-order valence-corrected chi connectivity index (χ4v) is 2.34. The number of hydrogen-bond donors (Lipinski definition) is 3. The number of nitrogens with one attached hydrogen (secondary N) is 1. The molecule has 1 unspecified atom stereocenters. The molecule has 2 amide bonds. The predicted octanol–water partition coefficient (Wildman–Crippen LogP) is 1.14. The van der Waals surface area contributed by atoms with Gasteiger partial charge in [-0.05, 0) is 63.2 Å². The van der Waals surface area contributed by atoms with Crippen LogP contribution >= 0.6 is 0 Å². The number of aryl methyl sites for hydroxylation is 2. The van der Waals surface area contributed by atoms with Crippen molar-refractivity contribution >= 4 is 12.0 Å². The minimum Gasteiger partial charge on any atom is -0.465 e. The second-order valence-electron chi connectivity index (χ2n) is 5.46. The van der Waals surface area contributed by atoms with E-state index in [2.05, 4.69) is 5.32 Å². The van der Waals surface area contributed by atoms with E-state index in [1.54, 1.807) is 12.1 Å². The molecule has 1 aromatic carbocycles. The van der Waals surface area contributed by atoms with E-state index in [1.807, 2.05) is 32.8 Å². The number of carbonyl (C=O) groups excluding carboxylic acids is 1. The van der Waals surface area contributed by atoms with E-state index in [9.17, 15) is 9.59 Å². The number of rotatable bonds is 6. The highest BCUT2D eigenvalue weighted by Gasteiger charge is 2.17. The SMILES string of the molecule is Cc1cc(C(N)=O)cc(C)c1CC(CNC(=O)O)N(C)C. The number of hydrogen-bond acceptors (Lipinski definition) is 3. The first kappa shape index (κ1) is 17.0. The summed E-state index contributed by atoms with van der Waals surface area (Å²) in [6, 6.07) is 3.60. The van der Waals surface area contributed by atoms with Crippen LogP contribution in [0.15, 0.2) is 12.1 Å². The lowest BCUT2D eigenvalue weighted by molar-refractivity contribution is 0.1000. The molecule has 6 nitrogen and oxygen atoms in total.